The molecule has 2 fully saturated rings. The Hall–Kier alpha value is -0.590. The zero-order valence-corrected chi connectivity index (χ0v) is 17.3. The molecule has 7 atom stereocenters. The van der Waals surface area contributed by atoms with Crippen LogP contribution < -0.4 is 0 Å². The van der Waals surface area contributed by atoms with E-state index in [1.165, 1.54) is 51.4 Å². The predicted octanol–water partition coefficient (Wildman–Crippen LogP) is 7.06. The summed E-state index contributed by atoms with van der Waals surface area (Å²) in [7, 11) is 0. The summed E-state index contributed by atoms with van der Waals surface area (Å²) in [6, 6.07) is 0. The first kappa shape index (κ1) is 20.7. The van der Waals surface area contributed by atoms with Gasteiger partial charge in [0.05, 0.1) is 0 Å². The lowest BCUT2D eigenvalue weighted by molar-refractivity contribution is -0.131. The van der Waals surface area contributed by atoms with Crippen molar-refractivity contribution in [2.24, 2.45) is 41.4 Å². The third kappa shape index (κ3) is 5.44. The molecule has 0 saturated heterocycles. The quantitative estimate of drug-likeness (QED) is 0.408. The van der Waals surface area contributed by atoms with E-state index in [0.717, 1.165) is 36.5 Å². The molecule has 0 heterocycles. The van der Waals surface area contributed by atoms with Gasteiger partial charge in [0.25, 0.3) is 0 Å². The maximum Gasteiger partial charge on any atom is 0.139 e. The van der Waals surface area contributed by atoms with Crippen LogP contribution in [0.15, 0.2) is 12.7 Å². The fourth-order valence-electron chi connectivity index (χ4n) is 5.54. The Balaban J connectivity index is 1.89. The fourth-order valence-corrected chi connectivity index (χ4v) is 5.54. The summed E-state index contributed by atoms with van der Waals surface area (Å²) in [6.07, 6.45) is 14.5. The van der Waals surface area contributed by atoms with Crippen molar-refractivity contribution in [1.82, 2.24) is 0 Å². The SMILES string of the molecule is C=CC1CCC2C[C@@H](C(=O)C(CC)C(C)CCC(C)CC)CCC2C1. The summed E-state index contributed by atoms with van der Waals surface area (Å²) in [4.78, 5) is 13.3. The molecule has 0 bridgehead atoms. The topological polar surface area (TPSA) is 17.1 Å². The molecule has 0 radical (unpaired) electrons. The third-order valence-corrected chi connectivity index (χ3v) is 7.69. The maximum atomic E-state index is 13.3. The molecule has 2 rings (SSSR count). The minimum Gasteiger partial charge on any atom is -0.299 e. The van der Waals surface area contributed by atoms with E-state index >= 15 is 0 Å². The van der Waals surface area contributed by atoms with Gasteiger partial charge >= 0.3 is 0 Å². The molecule has 25 heavy (non-hydrogen) atoms. The zero-order chi connectivity index (χ0) is 18.4. The van der Waals surface area contributed by atoms with Gasteiger partial charge in [-0.15, -0.1) is 6.58 Å². The molecule has 1 nitrogen and oxygen atoms in total. The van der Waals surface area contributed by atoms with Crippen LogP contribution in [0.4, 0.5) is 0 Å². The highest BCUT2D eigenvalue weighted by atomic mass is 16.1. The normalized spacial score (nSPS) is 33.1. The third-order valence-electron chi connectivity index (χ3n) is 7.69. The summed E-state index contributed by atoms with van der Waals surface area (Å²) in [5, 5.41) is 0. The molecule has 0 N–H and O–H groups in total. The lowest BCUT2D eigenvalue weighted by Crippen LogP contribution is -2.36. The van der Waals surface area contributed by atoms with Crippen LogP contribution in [-0.2, 0) is 4.79 Å². The van der Waals surface area contributed by atoms with Gasteiger partial charge < -0.3 is 0 Å². The Morgan fingerprint density at radius 1 is 1.00 bits per heavy atom. The van der Waals surface area contributed by atoms with E-state index in [-0.39, 0.29) is 0 Å². The summed E-state index contributed by atoms with van der Waals surface area (Å²) < 4.78 is 0. The second-order valence-electron chi connectivity index (χ2n) is 9.32. The van der Waals surface area contributed by atoms with Crippen molar-refractivity contribution in [2.45, 2.75) is 91.9 Å². The molecule has 0 spiro atoms. The molecule has 0 aromatic rings. The van der Waals surface area contributed by atoms with Crippen molar-refractivity contribution in [3.8, 4) is 0 Å². The number of fused-ring (bicyclic) bond motifs is 1. The smallest absolute Gasteiger partial charge is 0.139 e. The van der Waals surface area contributed by atoms with Gasteiger partial charge in [-0.25, -0.2) is 0 Å². The highest BCUT2D eigenvalue weighted by Gasteiger charge is 2.39. The number of ketones is 1. The van der Waals surface area contributed by atoms with Gasteiger partial charge in [0.2, 0.25) is 0 Å². The van der Waals surface area contributed by atoms with Crippen LogP contribution >= 0.6 is 0 Å². The van der Waals surface area contributed by atoms with Gasteiger partial charge in [0, 0.05) is 11.8 Å². The van der Waals surface area contributed by atoms with Crippen LogP contribution in [0.3, 0.4) is 0 Å². The van der Waals surface area contributed by atoms with E-state index in [1.54, 1.807) is 0 Å². The van der Waals surface area contributed by atoms with E-state index in [1.807, 2.05) is 0 Å². The highest BCUT2D eigenvalue weighted by molar-refractivity contribution is 5.83. The predicted molar refractivity (Wildman–Crippen MR) is 109 cm³/mol. The Kier molecular flexibility index (Phi) is 8.23. The molecule has 0 aromatic heterocycles. The first-order chi connectivity index (χ1) is 12.0. The van der Waals surface area contributed by atoms with E-state index in [0.29, 0.717) is 23.5 Å². The van der Waals surface area contributed by atoms with E-state index in [2.05, 4.69) is 40.3 Å². The van der Waals surface area contributed by atoms with Gasteiger partial charge in [0.1, 0.15) is 5.78 Å². The number of hydrogen-bond acceptors (Lipinski definition) is 1. The molecule has 0 aliphatic heterocycles. The average Bonchev–Trinajstić information content (AvgIpc) is 2.65. The van der Waals surface area contributed by atoms with E-state index in [4.69, 9.17) is 0 Å². The largest absolute Gasteiger partial charge is 0.299 e. The second-order valence-corrected chi connectivity index (χ2v) is 9.32. The van der Waals surface area contributed by atoms with Crippen molar-refractivity contribution in [1.29, 1.82) is 0 Å². The van der Waals surface area contributed by atoms with Crippen molar-refractivity contribution >= 4 is 5.78 Å². The van der Waals surface area contributed by atoms with Crippen molar-refractivity contribution in [3.63, 3.8) is 0 Å². The Morgan fingerprint density at radius 2 is 1.68 bits per heavy atom. The zero-order valence-electron chi connectivity index (χ0n) is 17.3. The van der Waals surface area contributed by atoms with Crippen molar-refractivity contribution in [3.05, 3.63) is 12.7 Å². The van der Waals surface area contributed by atoms with Crippen LogP contribution in [0.1, 0.15) is 91.9 Å². The first-order valence-electron chi connectivity index (χ1n) is 11.2. The number of Topliss-reactive ketones (excluding diaryl/α,β-unsaturated/α-hetero) is 1. The van der Waals surface area contributed by atoms with Crippen molar-refractivity contribution < 1.29 is 4.79 Å². The van der Waals surface area contributed by atoms with Crippen LogP contribution in [-0.4, -0.2) is 5.78 Å². The highest BCUT2D eigenvalue weighted by Crippen LogP contribution is 2.46. The molecule has 144 valence electrons. The van der Waals surface area contributed by atoms with Crippen LogP contribution in [0.5, 0.6) is 0 Å². The number of carbonyl (C=O) groups excluding carboxylic acids is 1. The number of allylic oxidation sites excluding steroid dienone is 1. The summed E-state index contributed by atoms with van der Waals surface area (Å²) >= 11 is 0. The van der Waals surface area contributed by atoms with Gasteiger partial charge in [-0.2, -0.15) is 0 Å². The summed E-state index contributed by atoms with van der Waals surface area (Å²) in [5.74, 6) is 5.04. The molecule has 2 aliphatic rings. The lowest BCUT2D eigenvalue weighted by Gasteiger charge is -2.42. The minimum absolute atomic E-state index is 0.301. The molecule has 1 heteroatoms. The van der Waals surface area contributed by atoms with Crippen LogP contribution in [0.2, 0.25) is 0 Å². The molecule has 2 saturated carbocycles. The van der Waals surface area contributed by atoms with Gasteiger partial charge in [-0.3, -0.25) is 4.79 Å². The summed E-state index contributed by atoms with van der Waals surface area (Å²) in [5.41, 5.74) is 0. The minimum atomic E-state index is 0.301. The van der Waals surface area contributed by atoms with Gasteiger partial charge in [-0.1, -0.05) is 46.6 Å². The number of carbonyl (C=O) groups is 1. The second kappa shape index (κ2) is 9.93. The van der Waals surface area contributed by atoms with Gasteiger partial charge in [-0.05, 0) is 81.0 Å². The summed E-state index contributed by atoms with van der Waals surface area (Å²) in [6.45, 7) is 13.2. The molecule has 0 amide bonds. The van der Waals surface area contributed by atoms with Crippen molar-refractivity contribution in [2.75, 3.05) is 0 Å². The Bertz CT molecular complexity index is 426. The molecular weight excluding hydrogens is 304 g/mol. The first-order valence-corrected chi connectivity index (χ1v) is 11.2. The van der Waals surface area contributed by atoms with Crippen LogP contribution in [0, 0.1) is 41.4 Å². The molecular formula is C24H42O. The Labute approximate surface area is 157 Å². The monoisotopic (exact) mass is 346 g/mol. The fraction of sp³-hybridized carbons (Fsp3) is 0.875. The standard InChI is InChI=1S/C24H42O/c1-6-17(4)9-10-18(5)23(8-3)24(25)22-14-13-20-15-19(7-2)11-12-21(20)16-22/h7,17-23H,2,6,8-16H2,1,3-5H3/t17?,18?,19?,20?,21?,22-,23?/m0/s1. The maximum absolute atomic E-state index is 13.3. The Morgan fingerprint density at radius 3 is 2.32 bits per heavy atom. The van der Waals surface area contributed by atoms with E-state index in [9.17, 15) is 4.79 Å². The van der Waals surface area contributed by atoms with Crippen LogP contribution in [0.25, 0.3) is 0 Å². The lowest BCUT2D eigenvalue weighted by atomic mass is 9.63. The van der Waals surface area contributed by atoms with E-state index < -0.39 is 0 Å². The molecule has 6 unspecified atom stereocenters. The average molecular weight is 347 g/mol. The number of hydrogen-bond donors (Lipinski definition) is 0. The molecule has 0 aromatic carbocycles. The van der Waals surface area contributed by atoms with Gasteiger partial charge in [0.15, 0.2) is 0 Å². The molecule has 2 aliphatic carbocycles. The number of rotatable bonds is 9.